The molecule has 0 aromatic heterocycles. The number of likely N-dealkylation sites (tertiary alicyclic amines) is 1. The molecule has 1 amide bonds. The molecule has 4 nitrogen and oxygen atoms in total. The molecule has 3 rings (SSSR count). The molecular weight excluding hydrogens is 288 g/mol. The van der Waals surface area contributed by atoms with Crippen LogP contribution in [0.4, 0.5) is 0 Å². The molecule has 0 bridgehead atoms. The van der Waals surface area contributed by atoms with E-state index in [2.05, 4.69) is 29.3 Å². The van der Waals surface area contributed by atoms with Crippen LogP contribution < -0.4 is 5.32 Å². The van der Waals surface area contributed by atoms with Crippen LogP contribution >= 0.6 is 0 Å². The minimum Gasteiger partial charge on any atom is -0.388 e. The predicted octanol–water partition coefficient (Wildman–Crippen LogP) is 2.49. The smallest absolute Gasteiger partial charge is 0.223 e. The average molecular weight is 316 g/mol. The number of carbonyl (C=O) groups excluding carboxylic acids is 1. The van der Waals surface area contributed by atoms with Gasteiger partial charge >= 0.3 is 0 Å². The Morgan fingerprint density at radius 3 is 2.65 bits per heavy atom. The first-order valence-corrected chi connectivity index (χ1v) is 8.84. The Hall–Kier alpha value is -1.39. The van der Waals surface area contributed by atoms with E-state index in [4.69, 9.17) is 0 Å². The Kier molecular flexibility index (Phi) is 4.74. The van der Waals surface area contributed by atoms with E-state index in [9.17, 15) is 9.90 Å². The number of hydrogen-bond acceptors (Lipinski definition) is 3. The number of hydrogen-bond donors (Lipinski definition) is 2. The zero-order valence-electron chi connectivity index (χ0n) is 14.2. The molecule has 1 aliphatic carbocycles. The van der Waals surface area contributed by atoms with Gasteiger partial charge in [0.05, 0.1) is 17.7 Å². The zero-order chi connectivity index (χ0) is 16.4. The van der Waals surface area contributed by atoms with Crippen LogP contribution in [-0.4, -0.2) is 40.6 Å². The SMILES string of the molecule is CCCN1CC[C@@](C)(O)[C@@H](NC(=O)C2CC2)[C@@H]1c1ccccc1. The molecule has 1 aliphatic heterocycles. The molecule has 1 aromatic rings. The molecule has 0 spiro atoms. The molecule has 0 unspecified atom stereocenters. The molecule has 0 radical (unpaired) electrons. The Balaban J connectivity index is 1.91. The van der Waals surface area contributed by atoms with Crippen molar-refractivity contribution in [3.8, 4) is 0 Å². The number of aliphatic hydroxyl groups is 1. The van der Waals surface area contributed by atoms with Gasteiger partial charge in [0.2, 0.25) is 5.91 Å². The van der Waals surface area contributed by atoms with E-state index in [1.165, 1.54) is 5.56 Å². The summed E-state index contributed by atoms with van der Waals surface area (Å²) in [5.41, 5.74) is 0.289. The molecule has 1 aromatic carbocycles. The number of benzene rings is 1. The number of amides is 1. The molecule has 2 N–H and O–H groups in total. The molecule has 1 heterocycles. The number of carbonyl (C=O) groups is 1. The number of nitrogens with zero attached hydrogens (tertiary/aromatic N) is 1. The van der Waals surface area contributed by atoms with Crippen LogP contribution in [0.5, 0.6) is 0 Å². The van der Waals surface area contributed by atoms with Gasteiger partial charge in [-0.1, -0.05) is 37.3 Å². The van der Waals surface area contributed by atoms with Crippen molar-refractivity contribution < 1.29 is 9.90 Å². The summed E-state index contributed by atoms with van der Waals surface area (Å²) < 4.78 is 0. The fourth-order valence-electron chi connectivity index (χ4n) is 3.66. The van der Waals surface area contributed by atoms with Gasteiger partial charge in [0, 0.05) is 12.5 Å². The third-order valence-corrected chi connectivity index (χ3v) is 5.18. The van der Waals surface area contributed by atoms with Crippen molar-refractivity contribution in [2.24, 2.45) is 5.92 Å². The topological polar surface area (TPSA) is 52.6 Å². The summed E-state index contributed by atoms with van der Waals surface area (Å²) in [5, 5.41) is 14.1. The van der Waals surface area contributed by atoms with Crippen molar-refractivity contribution in [3.63, 3.8) is 0 Å². The Morgan fingerprint density at radius 2 is 2.04 bits per heavy atom. The van der Waals surface area contributed by atoms with Crippen molar-refractivity contribution in [2.75, 3.05) is 13.1 Å². The second-order valence-corrected chi connectivity index (χ2v) is 7.26. The summed E-state index contributed by atoms with van der Waals surface area (Å²) in [4.78, 5) is 14.8. The summed E-state index contributed by atoms with van der Waals surface area (Å²) >= 11 is 0. The summed E-state index contributed by atoms with van der Waals surface area (Å²) in [6, 6.07) is 10.0. The highest BCUT2D eigenvalue weighted by molar-refractivity contribution is 5.81. The van der Waals surface area contributed by atoms with E-state index in [1.807, 2.05) is 25.1 Å². The van der Waals surface area contributed by atoms with Crippen molar-refractivity contribution >= 4 is 5.91 Å². The number of rotatable bonds is 5. The molecule has 3 atom stereocenters. The largest absolute Gasteiger partial charge is 0.388 e. The van der Waals surface area contributed by atoms with Crippen LogP contribution in [0.3, 0.4) is 0 Å². The maximum absolute atomic E-state index is 12.4. The monoisotopic (exact) mass is 316 g/mol. The van der Waals surface area contributed by atoms with Crippen molar-refractivity contribution in [1.82, 2.24) is 10.2 Å². The second kappa shape index (κ2) is 6.62. The Labute approximate surface area is 138 Å². The molecule has 2 fully saturated rings. The van der Waals surface area contributed by atoms with E-state index in [1.54, 1.807) is 0 Å². The van der Waals surface area contributed by atoms with Gasteiger partial charge in [-0.05, 0) is 44.7 Å². The van der Waals surface area contributed by atoms with Gasteiger partial charge in [0.25, 0.3) is 0 Å². The predicted molar refractivity (Wildman–Crippen MR) is 90.9 cm³/mol. The van der Waals surface area contributed by atoms with Crippen LogP contribution in [0.25, 0.3) is 0 Å². The standard InChI is InChI=1S/C19H28N2O2/c1-3-12-21-13-11-19(2,23)17(20-18(22)15-9-10-15)16(21)14-7-5-4-6-8-14/h4-8,15-17,23H,3,9-13H2,1-2H3,(H,20,22)/t16-,17-,19+/m0/s1. The van der Waals surface area contributed by atoms with Gasteiger partial charge in [-0.2, -0.15) is 0 Å². The number of piperidine rings is 1. The summed E-state index contributed by atoms with van der Waals surface area (Å²) in [6.45, 7) is 5.87. The molecule has 23 heavy (non-hydrogen) atoms. The van der Waals surface area contributed by atoms with Gasteiger partial charge in [-0.3, -0.25) is 9.69 Å². The number of nitrogens with one attached hydrogen (secondary N) is 1. The molecule has 2 aliphatic rings. The van der Waals surface area contributed by atoms with Crippen molar-refractivity contribution in [2.45, 2.75) is 57.2 Å². The zero-order valence-corrected chi connectivity index (χ0v) is 14.2. The molecular formula is C19H28N2O2. The molecule has 4 heteroatoms. The summed E-state index contributed by atoms with van der Waals surface area (Å²) in [7, 11) is 0. The van der Waals surface area contributed by atoms with Gasteiger partial charge in [0.15, 0.2) is 0 Å². The highest BCUT2D eigenvalue weighted by Crippen LogP contribution is 2.38. The maximum atomic E-state index is 12.4. The molecule has 1 saturated heterocycles. The third kappa shape index (κ3) is 3.59. The quantitative estimate of drug-likeness (QED) is 0.877. The van der Waals surface area contributed by atoms with Gasteiger partial charge in [0.1, 0.15) is 0 Å². The van der Waals surface area contributed by atoms with E-state index < -0.39 is 5.60 Å². The molecule has 126 valence electrons. The maximum Gasteiger partial charge on any atom is 0.223 e. The van der Waals surface area contributed by atoms with Gasteiger partial charge in [-0.25, -0.2) is 0 Å². The lowest BCUT2D eigenvalue weighted by atomic mass is 9.79. The third-order valence-electron chi connectivity index (χ3n) is 5.18. The second-order valence-electron chi connectivity index (χ2n) is 7.26. The Morgan fingerprint density at radius 1 is 1.35 bits per heavy atom. The van der Waals surface area contributed by atoms with Crippen LogP contribution in [0.1, 0.15) is 51.1 Å². The first kappa shape index (κ1) is 16.5. The van der Waals surface area contributed by atoms with Gasteiger partial charge in [-0.15, -0.1) is 0 Å². The van der Waals surface area contributed by atoms with E-state index in [-0.39, 0.29) is 23.9 Å². The van der Waals surface area contributed by atoms with Crippen molar-refractivity contribution in [3.05, 3.63) is 35.9 Å². The average Bonchev–Trinajstić information content (AvgIpc) is 3.37. The first-order valence-electron chi connectivity index (χ1n) is 8.84. The van der Waals surface area contributed by atoms with E-state index in [0.29, 0.717) is 6.42 Å². The summed E-state index contributed by atoms with van der Waals surface area (Å²) in [5.74, 6) is 0.262. The van der Waals surface area contributed by atoms with Crippen LogP contribution in [0, 0.1) is 5.92 Å². The van der Waals surface area contributed by atoms with E-state index >= 15 is 0 Å². The lowest BCUT2D eigenvalue weighted by molar-refractivity contribution is -0.129. The fourth-order valence-corrected chi connectivity index (χ4v) is 3.66. The highest BCUT2D eigenvalue weighted by atomic mass is 16.3. The lowest BCUT2D eigenvalue weighted by Crippen LogP contribution is -2.62. The minimum atomic E-state index is -0.880. The van der Waals surface area contributed by atoms with Crippen LogP contribution in [0.15, 0.2) is 30.3 Å². The normalized spacial score (nSPS) is 31.8. The van der Waals surface area contributed by atoms with Gasteiger partial charge < -0.3 is 10.4 Å². The van der Waals surface area contributed by atoms with Crippen LogP contribution in [0.2, 0.25) is 0 Å². The Bertz CT molecular complexity index is 540. The van der Waals surface area contributed by atoms with Crippen molar-refractivity contribution in [1.29, 1.82) is 0 Å². The minimum absolute atomic E-state index is 0.0302. The van der Waals surface area contributed by atoms with E-state index in [0.717, 1.165) is 32.4 Å². The first-order chi connectivity index (χ1) is 11.0. The molecule has 1 saturated carbocycles. The van der Waals surface area contributed by atoms with Crippen LogP contribution in [-0.2, 0) is 4.79 Å². The fraction of sp³-hybridized carbons (Fsp3) is 0.632. The lowest BCUT2D eigenvalue weighted by Gasteiger charge is -2.49. The highest BCUT2D eigenvalue weighted by Gasteiger charge is 2.47. The summed E-state index contributed by atoms with van der Waals surface area (Å²) in [6.07, 6.45) is 3.71.